The minimum absolute atomic E-state index is 0.152. The van der Waals surface area contributed by atoms with Crippen LogP contribution >= 0.6 is 0 Å². The minimum Gasteiger partial charge on any atom is -0.393 e. The molecule has 4 aliphatic rings. The van der Waals surface area contributed by atoms with Gasteiger partial charge in [0.15, 0.2) is 0 Å². The summed E-state index contributed by atoms with van der Waals surface area (Å²) in [6.45, 7) is 7.01. The first-order chi connectivity index (χ1) is 10.9. The first kappa shape index (κ1) is 16.1. The van der Waals surface area contributed by atoms with Crippen molar-refractivity contribution in [3.05, 3.63) is 0 Å². The van der Waals surface area contributed by atoms with E-state index in [0.29, 0.717) is 28.4 Å². The van der Waals surface area contributed by atoms with E-state index in [4.69, 9.17) is 0 Å². The predicted molar refractivity (Wildman–Crippen MR) is 91.9 cm³/mol. The molecule has 1 unspecified atom stereocenters. The molecule has 2 nitrogen and oxygen atoms in total. The lowest BCUT2D eigenvalue weighted by Gasteiger charge is -2.60. The molecule has 4 fully saturated rings. The molecule has 0 radical (unpaired) electrons. The molecule has 23 heavy (non-hydrogen) atoms. The largest absolute Gasteiger partial charge is 0.393 e. The molecule has 4 rings (SSSR count). The van der Waals surface area contributed by atoms with Gasteiger partial charge in [-0.1, -0.05) is 13.8 Å². The normalized spacial score (nSPS) is 54.1. The zero-order chi connectivity index (χ0) is 16.4. The summed E-state index contributed by atoms with van der Waals surface area (Å²) in [7, 11) is 0. The maximum absolute atomic E-state index is 11.9. The second-order valence-corrected chi connectivity index (χ2v) is 9.87. The maximum Gasteiger partial charge on any atom is 0.133 e. The van der Waals surface area contributed by atoms with Crippen LogP contribution in [0.25, 0.3) is 0 Å². The number of fused-ring (bicyclic) bond motifs is 5. The van der Waals surface area contributed by atoms with Gasteiger partial charge in [-0.05, 0) is 92.3 Å². The molecule has 0 heterocycles. The van der Waals surface area contributed by atoms with Gasteiger partial charge in [0.25, 0.3) is 0 Å². The molecule has 0 spiro atoms. The van der Waals surface area contributed by atoms with E-state index in [2.05, 4.69) is 13.8 Å². The fourth-order valence-electron chi connectivity index (χ4n) is 7.88. The van der Waals surface area contributed by atoms with Crippen LogP contribution in [0.5, 0.6) is 0 Å². The Bertz CT molecular complexity index is 498. The number of hydrogen-bond acceptors (Lipinski definition) is 2. The van der Waals surface area contributed by atoms with Gasteiger partial charge in [-0.15, -0.1) is 0 Å². The summed E-state index contributed by atoms with van der Waals surface area (Å²) >= 11 is 0. The minimum atomic E-state index is -0.152. The summed E-state index contributed by atoms with van der Waals surface area (Å²) in [6, 6.07) is 0. The highest BCUT2D eigenvalue weighted by Gasteiger charge is 2.60. The molecule has 0 aromatic carbocycles. The van der Waals surface area contributed by atoms with E-state index >= 15 is 0 Å². The van der Waals surface area contributed by atoms with Gasteiger partial charge in [0, 0.05) is 12.8 Å². The summed E-state index contributed by atoms with van der Waals surface area (Å²) < 4.78 is 0. The van der Waals surface area contributed by atoms with Gasteiger partial charge in [-0.25, -0.2) is 0 Å². The highest BCUT2D eigenvalue weighted by Crippen LogP contribution is 2.67. The zero-order valence-corrected chi connectivity index (χ0v) is 15.2. The molecule has 0 amide bonds. The van der Waals surface area contributed by atoms with Gasteiger partial charge >= 0.3 is 0 Å². The molecule has 0 aromatic heterocycles. The first-order valence-electron chi connectivity index (χ1n) is 10.1. The maximum atomic E-state index is 11.9. The molecule has 0 aromatic rings. The third-order valence-electron chi connectivity index (χ3n) is 9.14. The van der Waals surface area contributed by atoms with Gasteiger partial charge in [-0.3, -0.25) is 4.79 Å². The van der Waals surface area contributed by atoms with Crippen LogP contribution in [0.3, 0.4) is 0 Å². The third kappa shape index (κ3) is 2.19. The Hall–Kier alpha value is -0.370. The van der Waals surface area contributed by atoms with Crippen LogP contribution in [0.4, 0.5) is 0 Å². The Kier molecular flexibility index (Phi) is 3.72. The van der Waals surface area contributed by atoms with Crippen molar-refractivity contribution in [1.29, 1.82) is 0 Å². The van der Waals surface area contributed by atoms with Crippen molar-refractivity contribution in [2.24, 2.45) is 40.4 Å². The molecule has 0 bridgehead atoms. The van der Waals surface area contributed by atoms with Crippen molar-refractivity contribution in [2.45, 2.75) is 84.7 Å². The van der Waals surface area contributed by atoms with E-state index in [-0.39, 0.29) is 6.10 Å². The van der Waals surface area contributed by atoms with Crippen LogP contribution in [-0.2, 0) is 4.79 Å². The summed E-state index contributed by atoms with van der Waals surface area (Å²) in [5, 5.41) is 10.3. The third-order valence-corrected chi connectivity index (χ3v) is 9.14. The topological polar surface area (TPSA) is 37.3 Å². The zero-order valence-electron chi connectivity index (χ0n) is 15.2. The molecule has 4 aliphatic carbocycles. The molecule has 2 heteroatoms. The van der Waals surface area contributed by atoms with Crippen molar-refractivity contribution in [3.8, 4) is 0 Å². The number of hydrogen-bond donors (Lipinski definition) is 1. The lowest BCUT2D eigenvalue weighted by molar-refractivity contribution is -0.141. The number of ketones is 1. The smallest absolute Gasteiger partial charge is 0.133 e. The highest BCUT2D eigenvalue weighted by molar-refractivity contribution is 5.79. The summed E-state index contributed by atoms with van der Waals surface area (Å²) in [5.74, 6) is 4.18. The number of carbonyl (C=O) groups is 1. The van der Waals surface area contributed by atoms with E-state index < -0.39 is 0 Å². The van der Waals surface area contributed by atoms with Crippen molar-refractivity contribution >= 4 is 5.78 Å². The second-order valence-electron chi connectivity index (χ2n) is 9.87. The van der Waals surface area contributed by atoms with E-state index in [0.717, 1.165) is 37.0 Å². The summed E-state index contributed by atoms with van der Waals surface area (Å²) in [6.07, 6.45) is 10.5. The van der Waals surface area contributed by atoms with Crippen molar-refractivity contribution in [3.63, 3.8) is 0 Å². The Balaban J connectivity index is 1.61. The monoisotopic (exact) mass is 318 g/mol. The Labute approximate surface area is 141 Å². The predicted octanol–water partition coefficient (Wildman–Crippen LogP) is 4.60. The van der Waals surface area contributed by atoms with Crippen molar-refractivity contribution in [2.75, 3.05) is 0 Å². The molecule has 1 N–H and O–H groups in total. The number of rotatable bonds is 1. The average molecular weight is 319 g/mol. The van der Waals surface area contributed by atoms with E-state index in [1.165, 1.54) is 38.5 Å². The van der Waals surface area contributed by atoms with Gasteiger partial charge < -0.3 is 5.11 Å². The molecule has 130 valence electrons. The van der Waals surface area contributed by atoms with E-state index in [1.807, 2.05) is 6.92 Å². The standard InChI is InChI=1S/C21H34O2/c1-13(22)17-6-7-18-16-5-4-14-12-15(23)8-10-20(14,2)19(16)9-11-21(17,18)3/h13-14,16-19,22H,4-12H2,1-3H3/t13?,14-,16+,17-,18+,19+,20+,21-/m1/s1. The number of aliphatic hydroxyl groups is 1. The molecule has 0 saturated heterocycles. The first-order valence-corrected chi connectivity index (χ1v) is 10.1. The highest BCUT2D eigenvalue weighted by atomic mass is 16.3. The van der Waals surface area contributed by atoms with Crippen LogP contribution in [0.1, 0.15) is 78.6 Å². The van der Waals surface area contributed by atoms with Gasteiger partial charge in [0.1, 0.15) is 5.78 Å². The molecule has 0 aliphatic heterocycles. The Morgan fingerprint density at radius 1 is 1.00 bits per heavy atom. The second kappa shape index (κ2) is 5.31. The lowest BCUT2D eigenvalue weighted by Crippen LogP contribution is -2.54. The Morgan fingerprint density at radius 2 is 1.74 bits per heavy atom. The fraction of sp³-hybridized carbons (Fsp3) is 0.952. The average Bonchev–Trinajstić information content (AvgIpc) is 2.85. The quantitative estimate of drug-likeness (QED) is 0.767. The van der Waals surface area contributed by atoms with Gasteiger partial charge in [-0.2, -0.15) is 0 Å². The Morgan fingerprint density at radius 3 is 2.48 bits per heavy atom. The van der Waals surface area contributed by atoms with Crippen LogP contribution in [0, 0.1) is 40.4 Å². The van der Waals surface area contributed by atoms with Crippen molar-refractivity contribution < 1.29 is 9.90 Å². The number of carbonyl (C=O) groups excluding carboxylic acids is 1. The number of Topliss-reactive ketones (excluding diaryl/α,β-unsaturated/α-hetero) is 1. The summed E-state index contributed by atoms with van der Waals surface area (Å²) in [5.41, 5.74) is 0.782. The van der Waals surface area contributed by atoms with Crippen LogP contribution in [-0.4, -0.2) is 17.0 Å². The van der Waals surface area contributed by atoms with Crippen molar-refractivity contribution in [1.82, 2.24) is 0 Å². The number of aliphatic hydroxyl groups excluding tert-OH is 1. The van der Waals surface area contributed by atoms with Gasteiger partial charge in [0.2, 0.25) is 0 Å². The fourth-order valence-corrected chi connectivity index (χ4v) is 7.88. The van der Waals surface area contributed by atoms with Crippen LogP contribution < -0.4 is 0 Å². The summed E-state index contributed by atoms with van der Waals surface area (Å²) in [4.78, 5) is 11.9. The van der Waals surface area contributed by atoms with Crippen LogP contribution in [0.15, 0.2) is 0 Å². The van der Waals surface area contributed by atoms with Gasteiger partial charge in [0.05, 0.1) is 6.10 Å². The molecule has 4 saturated carbocycles. The SMILES string of the molecule is CC(O)[C@H]1CC[C@H]2[C@@H]3CC[C@@H]4CC(=O)CC[C@]4(C)[C@H]3CC[C@]12C. The van der Waals surface area contributed by atoms with E-state index in [9.17, 15) is 9.90 Å². The molecular formula is C21H34O2. The van der Waals surface area contributed by atoms with Crippen LogP contribution in [0.2, 0.25) is 0 Å². The molecule has 8 atom stereocenters. The van der Waals surface area contributed by atoms with E-state index in [1.54, 1.807) is 0 Å². The lowest BCUT2D eigenvalue weighted by atomic mass is 9.44. The molecular weight excluding hydrogens is 284 g/mol.